The molecule has 140 valence electrons. The third kappa shape index (κ3) is 4.06. The van der Waals surface area contributed by atoms with Crippen LogP contribution in [0.1, 0.15) is 17.4 Å². The maximum absolute atomic E-state index is 13.0. The number of amides is 2. The van der Waals surface area contributed by atoms with Crippen molar-refractivity contribution in [2.24, 2.45) is 7.05 Å². The van der Waals surface area contributed by atoms with E-state index in [0.717, 1.165) is 11.4 Å². The lowest BCUT2D eigenvalue weighted by Gasteiger charge is -2.28. The van der Waals surface area contributed by atoms with Gasteiger partial charge in [-0.3, -0.25) is 0 Å². The summed E-state index contributed by atoms with van der Waals surface area (Å²) in [5.41, 5.74) is 1.51. The summed E-state index contributed by atoms with van der Waals surface area (Å²) in [5, 5.41) is 3.54. The summed E-state index contributed by atoms with van der Waals surface area (Å²) in [5.74, 6) is 1.34. The van der Waals surface area contributed by atoms with E-state index in [2.05, 4.69) is 10.3 Å². The van der Waals surface area contributed by atoms with Crippen LogP contribution in [0.4, 0.5) is 10.5 Å². The maximum atomic E-state index is 13.0. The van der Waals surface area contributed by atoms with Gasteiger partial charge in [-0.1, -0.05) is 35.9 Å². The number of nitrogens with zero attached hydrogens (tertiary/aromatic N) is 3. The first-order chi connectivity index (χ1) is 13.0. The summed E-state index contributed by atoms with van der Waals surface area (Å²) < 4.78 is 7.21. The first kappa shape index (κ1) is 18.8. The van der Waals surface area contributed by atoms with Gasteiger partial charge in [0.1, 0.15) is 17.6 Å². The van der Waals surface area contributed by atoms with Crippen LogP contribution >= 0.6 is 11.6 Å². The van der Waals surface area contributed by atoms with Crippen LogP contribution in [0.3, 0.4) is 0 Å². The molecular formula is C20H21ClN4O2. The Morgan fingerprint density at radius 2 is 1.93 bits per heavy atom. The van der Waals surface area contributed by atoms with Crippen molar-refractivity contribution in [3.63, 3.8) is 0 Å². The van der Waals surface area contributed by atoms with E-state index in [9.17, 15) is 4.79 Å². The number of rotatable bonds is 5. The predicted molar refractivity (Wildman–Crippen MR) is 106 cm³/mol. The molecule has 1 N–H and O–H groups in total. The standard InChI is InChI=1S/C20H21ClN4O2/c1-24-13-12-22-19(24)18(14-8-10-15(21)11-9-14)25(2)20(26)23-16-6-4-5-7-17(16)27-3/h4-13,18H,1-3H3,(H,23,26). The second kappa shape index (κ2) is 8.14. The fourth-order valence-corrected chi connectivity index (χ4v) is 3.03. The number of imidazole rings is 1. The monoisotopic (exact) mass is 384 g/mol. The number of nitrogens with one attached hydrogen (secondary N) is 1. The van der Waals surface area contributed by atoms with Gasteiger partial charge in [-0.05, 0) is 29.8 Å². The molecule has 1 unspecified atom stereocenters. The highest BCUT2D eigenvalue weighted by molar-refractivity contribution is 6.30. The summed E-state index contributed by atoms with van der Waals surface area (Å²) in [6.45, 7) is 0. The van der Waals surface area contributed by atoms with Gasteiger partial charge in [-0.15, -0.1) is 0 Å². The number of aromatic nitrogens is 2. The van der Waals surface area contributed by atoms with Gasteiger partial charge in [0.05, 0.1) is 12.8 Å². The van der Waals surface area contributed by atoms with Crippen LogP contribution < -0.4 is 10.1 Å². The van der Waals surface area contributed by atoms with Crippen molar-refractivity contribution in [1.29, 1.82) is 0 Å². The highest BCUT2D eigenvalue weighted by Gasteiger charge is 2.27. The topological polar surface area (TPSA) is 59.4 Å². The van der Waals surface area contributed by atoms with Crippen molar-refractivity contribution in [3.05, 3.63) is 77.3 Å². The molecule has 0 aliphatic rings. The fraction of sp³-hybridized carbons (Fsp3) is 0.200. The van der Waals surface area contributed by atoms with Gasteiger partial charge in [0, 0.05) is 31.5 Å². The number of halogens is 1. The average molecular weight is 385 g/mol. The van der Waals surface area contributed by atoms with Crippen LogP contribution in [0.5, 0.6) is 5.75 Å². The van der Waals surface area contributed by atoms with E-state index in [1.54, 1.807) is 49.5 Å². The Morgan fingerprint density at radius 1 is 1.22 bits per heavy atom. The van der Waals surface area contributed by atoms with Gasteiger partial charge in [-0.25, -0.2) is 9.78 Å². The average Bonchev–Trinajstić information content (AvgIpc) is 3.09. The summed E-state index contributed by atoms with van der Waals surface area (Å²) >= 11 is 6.03. The summed E-state index contributed by atoms with van der Waals surface area (Å²) in [7, 11) is 5.20. The zero-order valence-corrected chi connectivity index (χ0v) is 16.1. The Morgan fingerprint density at radius 3 is 2.56 bits per heavy atom. The van der Waals surface area contributed by atoms with Crippen LogP contribution in [0.2, 0.25) is 5.02 Å². The van der Waals surface area contributed by atoms with Crippen molar-refractivity contribution < 1.29 is 9.53 Å². The minimum absolute atomic E-state index is 0.276. The number of aryl methyl sites for hydroxylation is 1. The number of ether oxygens (including phenoxy) is 1. The smallest absolute Gasteiger partial charge is 0.322 e. The molecule has 0 aliphatic carbocycles. The summed E-state index contributed by atoms with van der Waals surface area (Å²) in [6.07, 6.45) is 3.56. The van der Waals surface area contributed by atoms with Crippen molar-refractivity contribution >= 4 is 23.3 Å². The molecule has 27 heavy (non-hydrogen) atoms. The molecule has 1 heterocycles. The van der Waals surface area contributed by atoms with E-state index in [1.165, 1.54) is 0 Å². The Balaban J connectivity index is 1.93. The molecule has 2 aromatic carbocycles. The van der Waals surface area contributed by atoms with Gasteiger partial charge >= 0.3 is 6.03 Å². The lowest BCUT2D eigenvalue weighted by molar-refractivity contribution is 0.209. The molecule has 0 saturated carbocycles. The molecule has 3 aromatic rings. The van der Waals surface area contributed by atoms with Crippen LogP contribution in [0.15, 0.2) is 60.9 Å². The van der Waals surface area contributed by atoms with E-state index in [0.29, 0.717) is 16.5 Å². The summed E-state index contributed by atoms with van der Waals surface area (Å²) in [6, 6.07) is 14.0. The number of methoxy groups -OCH3 is 1. The Hall–Kier alpha value is -2.99. The molecule has 0 radical (unpaired) electrons. The number of benzene rings is 2. The van der Waals surface area contributed by atoms with Crippen LogP contribution in [-0.2, 0) is 7.05 Å². The number of para-hydroxylation sites is 2. The number of hydrogen-bond acceptors (Lipinski definition) is 3. The van der Waals surface area contributed by atoms with Crippen LogP contribution in [0, 0.1) is 0 Å². The van der Waals surface area contributed by atoms with Crippen molar-refractivity contribution in [2.45, 2.75) is 6.04 Å². The number of carbonyl (C=O) groups excluding carboxylic acids is 1. The molecule has 1 atom stereocenters. The van der Waals surface area contributed by atoms with Gasteiger partial charge in [-0.2, -0.15) is 0 Å². The number of anilines is 1. The maximum Gasteiger partial charge on any atom is 0.322 e. The summed E-state index contributed by atoms with van der Waals surface area (Å²) in [4.78, 5) is 19.0. The van der Waals surface area contributed by atoms with Crippen LogP contribution in [-0.4, -0.2) is 34.6 Å². The van der Waals surface area contributed by atoms with Gasteiger partial charge in [0.15, 0.2) is 0 Å². The zero-order chi connectivity index (χ0) is 19.4. The number of urea groups is 1. The number of hydrogen-bond donors (Lipinski definition) is 1. The first-order valence-corrected chi connectivity index (χ1v) is 8.78. The van der Waals surface area contributed by atoms with E-state index >= 15 is 0 Å². The molecule has 0 bridgehead atoms. The molecule has 1 aromatic heterocycles. The molecule has 0 fully saturated rings. The highest BCUT2D eigenvalue weighted by Crippen LogP contribution is 2.29. The van der Waals surface area contributed by atoms with Crippen molar-refractivity contribution in [2.75, 3.05) is 19.5 Å². The third-order valence-corrected chi connectivity index (χ3v) is 4.60. The van der Waals surface area contributed by atoms with Gasteiger partial charge < -0.3 is 19.5 Å². The van der Waals surface area contributed by atoms with Crippen LogP contribution in [0.25, 0.3) is 0 Å². The largest absolute Gasteiger partial charge is 0.495 e. The van der Waals surface area contributed by atoms with Gasteiger partial charge in [0.2, 0.25) is 0 Å². The quantitative estimate of drug-likeness (QED) is 0.712. The Bertz CT molecular complexity index is 924. The zero-order valence-electron chi connectivity index (χ0n) is 15.4. The molecule has 7 heteroatoms. The van der Waals surface area contributed by atoms with Crippen molar-refractivity contribution in [3.8, 4) is 5.75 Å². The van der Waals surface area contributed by atoms with E-state index in [4.69, 9.17) is 16.3 Å². The molecule has 0 spiro atoms. The fourth-order valence-electron chi connectivity index (χ4n) is 2.90. The molecule has 0 saturated heterocycles. The van der Waals surface area contributed by atoms with E-state index < -0.39 is 0 Å². The minimum Gasteiger partial charge on any atom is -0.495 e. The molecule has 3 rings (SSSR count). The third-order valence-electron chi connectivity index (χ3n) is 4.34. The highest BCUT2D eigenvalue weighted by atomic mass is 35.5. The van der Waals surface area contributed by atoms with E-state index in [1.807, 2.05) is 42.1 Å². The van der Waals surface area contributed by atoms with Gasteiger partial charge in [0.25, 0.3) is 0 Å². The predicted octanol–water partition coefficient (Wildman–Crippen LogP) is 4.34. The normalized spacial score (nSPS) is 11.7. The lowest BCUT2D eigenvalue weighted by Crippen LogP contribution is -2.36. The molecular weight excluding hydrogens is 364 g/mol. The Labute approximate surface area is 163 Å². The number of carbonyl (C=O) groups is 1. The molecule has 2 amide bonds. The lowest BCUT2D eigenvalue weighted by atomic mass is 10.1. The SMILES string of the molecule is COc1ccccc1NC(=O)N(C)C(c1ccc(Cl)cc1)c1nccn1C. The molecule has 0 aliphatic heterocycles. The minimum atomic E-state index is -0.378. The first-order valence-electron chi connectivity index (χ1n) is 8.40. The molecule has 6 nitrogen and oxygen atoms in total. The Kier molecular flexibility index (Phi) is 5.66. The van der Waals surface area contributed by atoms with Crippen molar-refractivity contribution in [1.82, 2.24) is 14.5 Å². The van der Waals surface area contributed by atoms with E-state index in [-0.39, 0.29) is 12.1 Å². The second-order valence-corrected chi connectivity index (χ2v) is 6.53. The second-order valence-electron chi connectivity index (χ2n) is 6.09.